The fourth-order valence-corrected chi connectivity index (χ4v) is 4.06. The molecule has 1 aliphatic heterocycles. The number of hydrogen-bond donors (Lipinski definition) is 1. The molecule has 1 saturated heterocycles. The largest absolute Gasteiger partial charge is 0.324 e. The van der Waals surface area contributed by atoms with E-state index in [9.17, 15) is 12.8 Å². The molecular formula is C14H20ClFN2O2S. The monoisotopic (exact) mass is 334 g/mol. The van der Waals surface area contributed by atoms with Gasteiger partial charge in [0.05, 0.1) is 6.26 Å². The van der Waals surface area contributed by atoms with Crippen LogP contribution in [0.5, 0.6) is 0 Å². The van der Waals surface area contributed by atoms with Crippen molar-refractivity contribution >= 4 is 21.6 Å². The number of rotatable bonds is 4. The zero-order chi connectivity index (χ0) is 15.6. The second-order valence-corrected chi connectivity index (χ2v) is 8.03. The van der Waals surface area contributed by atoms with E-state index in [1.807, 2.05) is 0 Å². The first-order valence-electron chi connectivity index (χ1n) is 6.93. The molecule has 118 valence electrons. The SMILES string of the molecule is CS(=O)(=O)N1CCCC(CC(N)c2ccc(F)cc2Cl)C1. The summed E-state index contributed by atoms with van der Waals surface area (Å²) < 4.78 is 37.8. The van der Waals surface area contributed by atoms with Crippen molar-refractivity contribution in [1.29, 1.82) is 0 Å². The van der Waals surface area contributed by atoms with Crippen LogP contribution in [0.3, 0.4) is 0 Å². The molecule has 0 spiro atoms. The molecule has 1 aromatic rings. The number of benzene rings is 1. The maximum Gasteiger partial charge on any atom is 0.211 e. The third-order valence-corrected chi connectivity index (χ3v) is 5.50. The molecule has 0 radical (unpaired) electrons. The molecule has 0 bridgehead atoms. The molecule has 2 unspecified atom stereocenters. The molecule has 1 heterocycles. The van der Waals surface area contributed by atoms with Gasteiger partial charge < -0.3 is 5.73 Å². The first-order chi connectivity index (χ1) is 9.77. The summed E-state index contributed by atoms with van der Waals surface area (Å²) in [6.07, 6.45) is 3.64. The van der Waals surface area contributed by atoms with Gasteiger partial charge >= 0.3 is 0 Å². The zero-order valence-electron chi connectivity index (χ0n) is 11.9. The second kappa shape index (κ2) is 6.60. The minimum Gasteiger partial charge on any atom is -0.324 e. The molecule has 0 aliphatic carbocycles. The molecule has 2 rings (SSSR count). The van der Waals surface area contributed by atoms with E-state index in [0.29, 0.717) is 30.1 Å². The summed E-state index contributed by atoms with van der Waals surface area (Å²) in [6.45, 7) is 1.06. The van der Waals surface area contributed by atoms with Crippen LogP contribution < -0.4 is 5.73 Å². The van der Waals surface area contributed by atoms with Crippen LogP contribution in [-0.2, 0) is 10.0 Å². The van der Waals surface area contributed by atoms with Gasteiger partial charge in [0, 0.05) is 24.2 Å². The van der Waals surface area contributed by atoms with E-state index in [4.69, 9.17) is 17.3 Å². The normalized spacial score (nSPS) is 22.2. The lowest BCUT2D eigenvalue weighted by molar-refractivity contribution is 0.247. The summed E-state index contributed by atoms with van der Waals surface area (Å²) in [6, 6.07) is 3.87. The van der Waals surface area contributed by atoms with Crippen LogP contribution in [0.1, 0.15) is 30.9 Å². The van der Waals surface area contributed by atoms with Crippen LogP contribution in [0.15, 0.2) is 18.2 Å². The Hall–Kier alpha value is -0.690. The lowest BCUT2D eigenvalue weighted by Crippen LogP contribution is -2.40. The lowest BCUT2D eigenvalue weighted by Gasteiger charge is -2.32. The van der Waals surface area contributed by atoms with Crippen molar-refractivity contribution in [2.75, 3.05) is 19.3 Å². The van der Waals surface area contributed by atoms with Crippen LogP contribution in [0, 0.1) is 11.7 Å². The molecule has 7 heteroatoms. The van der Waals surface area contributed by atoms with E-state index < -0.39 is 15.8 Å². The summed E-state index contributed by atoms with van der Waals surface area (Å²) in [5.41, 5.74) is 6.86. The Morgan fingerprint density at radius 1 is 1.52 bits per heavy atom. The third kappa shape index (κ3) is 4.39. The highest BCUT2D eigenvalue weighted by Crippen LogP contribution is 2.30. The first-order valence-corrected chi connectivity index (χ1v) is 9.15. The number of nitrogens with zero attached hydrogens (tertiary/aromatic N) is 1. The predicted octanol–water partition coefficient (Wildman–Crippen LogP) is 2.54. The molecule has 2 atom stereocenters. The topological polar surface area (TPSA) is 63.4 Å². The van der Waals surface area contributed by atoms with Gasteiger partial charge in [0.15, 0.2) is 0 Å². The van der Waals surface area contributed by atoms with Crippen molar-refractivity contribution in [3.63, 3.8) is 0 Å². The van der Waals surface area contributed by atoms with E-state index in [2.05, 4.69) is 0 Å². The standard InChI is InChI=1S/C14H20ClFN2O2S/c1-21(19,20)18-6-2-3-10(9-18)7-14(17)12-5-4-11(16)8-13(12)15/h4-5,8,10,14H,2-3,6-7,9,17H2,1H3. The van der Waals surface area contributed by atoms with Crippen molar-refractivity contribution in [2.24, 2.45) is 11.7 Å². The Morgan fingerprint density at radius 3 is 2.86 bits per heavy atom. The zero-order valence-corrected chi connectivity index (χ0v) is 13.5. The average molecular weight is 335 g/mol. The van der Waals surface area contributed by atoms with E-state index in [-0.39, 0.29) is 12.0 Å². The quantitative estimate of drug-likeness (QED) is 0.920. The maximum atomic E-state index is 13.1. The Morgan fingerprint density at radius 2 is 2.24 bits per heavy atom. The number of nitrogens with two attached hydrogens (primary N) is 1. The molecule has 1 aliphatic rings. The molecule has 0 saturated carbocycles. The van der Waals surface area contributed by atoms with Crippen LogP contribution in [0.25, 0.3) is 0 Å². The number of halogens is 2. The minimum atomic E-state index is -3.16. The molecule has 2 N–H and O–H groups in total. The fraction of sp³-hybridized carbons (Fsp3) is 0.571. The van der Waals surface area contributed by atoms with Crippen molar-refractivity contribution < 1.29 is 12.8 Å². The maximum absolute atomic E-state index is 13.1. The molecule has 1 aromatic carbocycles. The van der Waals surface area contributed by atoms with E-state index in [0.717, 1.165) is 12.8 Å². The van der Waals surface area contributed by atoms with Gasteiger partial charge in [-0.1, -0.05) is 17.7 Å². The van der Waals surface area contributed by atoms with Crippen molar-refractivity contribution in [2.45, 2.75) is 25.3 Å². The Balaban J connectivity index is 2.03. The fourth-order valence-electron chi connectivity index (χ4n) is 2.81. The highest BCUT2D eigenvalue weighted by Gasteiger charge is 2.27. The average Bonchev–Trinajstić information content (AvgIpc) is 2.37. The molecule has 0 amide bonds. The molecule has 4 nitrogen and oxygen atoms in total. The van der Waals surface area contributed by atoms with E-state index in [1.165, 1.54) is 22.7 Å². The van der Waals surface area contributed by atoms with Gasteiger partial charge in [-0.05, 0) is 42.9 Å². The summed E-state index contributed by atoms with van der Waals surface area (Å²) >= 11 is 6.02. The minimum absolute atomic E-state index is 0.199. The van der Waals surface area contributed by atoms with Gasteiger partial charge in [0.2, 0.25) is 10.0 Å². The van der Waals surface area contributed by atoms with Gasteiger partial charge in [-0.15, -0.1) is 0 Å². The summed E-state index contributed by atoms with van der Waals surface area (Å²) in [5, 5.41) is 0.318. The summed E-state index contributed by atoms with van der Waals surface area (Å²) in [5.74, 6) is -0.193. The number of sulfonamides is 1. The Labute approximate surface area is 130 Å². The van der Waals surface area contributed by atoms with E-state index in [1.54, 1.807) is 6.07 Å². The van der Waals surface area contributed by atoms with Crippen LogP contribution >= 0.6 is 11.6 Å². The molecule has 1 fully saturated rings. The molecule has 21 heavy (non-hydrogen) atoms. The third-order valence-electron chi connectivity index (χ3n) is 3.90. The smallest absolute Gasteiger partial charge is 0.211 e. The summed E-state index contributed by atoms with van der Waals surface area (Å²) in [4.78, 5) is 0. The highest BCUT2D eigenvalue weighted by atomic mass is 35.5. The van der Waals surface area contributed by atoms with Gasteiger partial charge in [0.1, 0.15) is 5.82 Å². The van der Waals surface area contributed by atoms with Gasteiger partial charge in [0.25, 0.3) is 0 Å². The van der Waals surface area contributed by atoms with Gasteiger partial charge in [-0.2, -0.15) is 0 Å². The number of hydrogen-bond acceptors (Lipinski definition) is 3. The Bertz CT molecular complexity index is 609. The van der Waals surface area contributed by atoms with Crippen molar-refractivity contribution in [3.8, 4) is 0 Å². The first kappa shape index (κ1) is 16.7. The Kier molecular flexibility index (Phi) is 5.24. The highest BCUT2D eigenvalue weighted by molar-refractivity contribution is 7.88. The van der Waals surface area contributed by atoms with Crippen molar-refractivity contribution in [3.05, 3.63) is 34.6 Å². The van der Waals surface area contributed by atoms with E-state index >= 15 is 0 Å². The van der Waals surface area contributed by atoms with Crippen LogP contribution in [0.2, 0.25) is 5.02 Å². The molecule has 0 aromatic heterocycles. The summed E-state index contributed by atoms with van der Waals surface area (Å²) in [7, 11) is -3.16. The van der Waals surface area contributed by atoms with Gasteiger partial charge in [-0.3, -0.25) is 0 Å². The van der Waals surface area contributed by atoms with Crippen molar-refractivity contribution in [1.82, 2.24) is 4.31 Å². The molecular weight excluding hydrogens is 315 g/mol. The second-order valence-electron chi connectivity index (χ2n) is 5.64. The van der Waals surface area contributed by atoms with Gasteiger partial charge in [-0.25, -0.2) is 17.1 Å². The number of piperidine rings is 1. The lowest BCUT2D eigenvalue weighted by atomic mass is 9.90. The predicted molar refractivity (Wildman–Crippen MR) is 82.1 cm³/mol. The van der Waals surface area contributed by atoms with Crippen LogP contribution in [-0.4, -0.2) is 32.1 Å². The van der Waals surface area contributed by atoms with Crippen LogP contribution in [0.4, 0.5) is 4.39 Å².